The molecule has 24 heavy (non-hydrogen) atoms. The van der Waals surface area contributed by atoms with Crippen molar-refractivity contribution in [3.63, 3.8) is 0 Å². The van der Waals surface area contributed by atoms with Crippen molar-refractivity contribution in [2.45, 2.75) is 26.3 Å². The lowest BCUT2D eigenvalue weighted by Gasteiger charge is -2.13. The monoisotopic (exact) mass is 321 g/mol. The smallest absolute Gasteiger partial charge is 0.226 e. The lowest BCUT2D eigenvalue weighted by atomic mass is 10.1. The zero-order valence-electron chi connectivity index (χ0n) is 13.7. The standard InChI is InChI=1S/C19H19N3O2/c1-13(16-9-6-10-20-12-16)21-18(23)11-17-14(2)24-19(22-17)15-7-4-3-5-8-15/h3-10,12-13H,11H2,1-2H3,(H,21,23)/t13-/m0/s1. The van der Waals surface area contributed by atoms with Crippen LogP contribution in [0.5, 0.6) is 0 Å². The van der Waals surface area contributed by atoms with Gasteiger partial charge in [-0.15, -0.1) is 0 Å². The van der Waals surface area contributed by atoms with E-state index in [2.05, 4.69) is 15.3 Å². The van der Waals surface area contributed by atoms with Crippen molar-refractivity contribution in [1.29, 1.82) is 0 Å². The number of rotatable bonds is 5. The molecule has 2 aromatic heterocycles. The fourth-order valence-electron chi connectivity index (χ4n) is 2.46. The number of amides is 1. The van der Waals surface area contributed by atoms with Gasteiger partial charge in [-0.1, -0.05) is 24.3 Å². The maximum atomic E-state index is 12.3. The molecule has 2 heterocycles. The van der Waals surface area contributed by atoms with E-state index < -0.39 is 0 Å². The highest BCUT2D eigenvalue weighted by atomic mass is 16.4. The number of nitrogens with one attached hydrogen (secondary N) is 1. The Labute approximate surface area is 140 Å². The van der Waals surface area contributed by atoms with E-state index in [1.807, 2.05) is 56.3 Å². The van der Waals surface area contributed by atoms with Crippen LogP contribution in [0.4, 0.5) is 0 Å². The molecule has 0 radical (unpaired) electrons. The molecule has 1 N–H and O–H groups in total. The molecule has 0 aliphatic rings. The first-order chi connectivity index (χ1) is 11.6. The quantitative estimate of drug-likeness (QED) is 0.781. The maximum absolute atomic E-state index is 12.3. The Kier molecular flexibility index (Phi) is 4.70. The lowest BCUT2D eigenvalue weighted by molar-refractivity contribution is -0.121. The summed E-state index contributed by atoms with van der Waals surface area (Å²) in [5, 5.41) is 2.96. The molecule has 1 aromatic carbocycles. The normalized spacial score (nSPS) is 11.9. The van der Waals surface area contributed by atoms with Gasteiger partial charge in [0.25, 0.3) is 0 Å². The summed E-state index contributed by atoms with van der Waals surface area (Å²) in [6, 6.07) is 13.3. The Morgan fingerprint density at radius 3 is 2.71 bits per heavy atom. The van der Waals surface area contributed by atoms with Crippen molar-refractivity contribution in [3.05, 3.63) is 71.9 Å². The van der Waals surface area contributed by atoms with E-state index in [0.717, 1.165) is 11.1 Å². The molecule has 3 aromatic rings. The summed E-state index contributed by atoms with van der Waals surface area (Å²) < 4.78 is 5.69. The minimum atomic E-state index is -0.105. The van der Waals surface area contributed by atoms with E-state index in [-0.39, 0.29) is 18.4 Å². The van der Waals surface area contributed by atoms with Crippen molar-refractivity contribution in [2.24, 2.45) is 0 Å². The van der Waals surface area contributed by atoms with Gasteiger partial charge in [-0.3, -0.25) is 9.78 Å². The largest absolute Gasteiger partial charge is 0.441 e. The summed E-state index contributed by atoms with van der Waals surface area (Å²) in [5.74, 6) is 1.11. The van der Waals surface area contributed by atoms with Gasteiger partial charge in [0.2, 0.25) is 11.8 Å². The Bertz CT molecular complexity index is 813. The Morgan fingerprint density at radius 1 is 1.21 bits per heavy atom. The second-order valence-corrected chi connectivity index (χ2v) is 5.64. The van der Waals surface area contributed by atoms with Crippen molar-refractivity contribution < 1.29 is 9.21 Å². The van der Waals surface area contributed by atoms with Gasteiger partial charge >= 0.3 is 0 Å². The van der Waals surface area contributed by atoms with Crippen LogP contribution >= 0.6 is 0 Å². The zero-order valence-corrected chi connectivity index (χ0v) is 13.7. The van der Waals surface area contributed by atoms with Crippen LogP contribution in [0.15, 0.2) is 59.3 Å². The molecule has 1 atom stereocenters. The van der Waals surface area contributed by atoms with Gasteiger partial charge in [0, 0.05) is 18.0 Å². The summed E-state index contributed by atoms with van der Waals surface area (Å²) in [6.45, 7) is 3.76. The molecule has 0 fully saturated rings. The van der Waals surface area contributed by atoms with E-state index in [4.69, 9.17) is 4.42 Å². The van der Waals surface area contributed by atoms with Crippen molar-refractivity contribution in [2.75, 3.05) is 0 Å². The first kappa shape index (κ1) is 15.9. The first-order valence-electron chi connectivity index (χ1n) is 7.84. The number of aromatic nitrogens is 2. The van der Waals surface area contributed by atoms with E-state index in [1.54, 1.807) is 12.4 Å². The molecule has 5 heteroatoms. The zero-order chi connectivity index (χ0) is 16.9. The van der Waals surface area contributed by atoms with Gasteiger partial charge in [0.1, 0.15) is 5.76 Å². The number of aryl methyl sites for hydroxylation is 1. The Hall–Kier alpha value is -2.95. The number of pyridine rings is 1. The molecule has 1 amide bonds. The molecule has 0 bridgehead atoms. The molecular weight excluding hydrogens is 302 g/mol. The summed E-state index contributed by atoms with van der Waals surface area (Å²) in [6.07, 6.45) is 3.65. The number of hydrogen-bond donors (Lipinski definition) is 1. The van der Waals surface area contributed by atoms with E-state index in [9.17, 15) is 4.79 Å². The predicted octanol–water partition coefficient (Wildman–Crippen LogP) is 3.46. The number of nitrogens with zero attached hydrogens (tertiary/aromatic N) is 2. The van der Waals surface area contributed by atoms with Crippen molar-refractivity contribution in [1.82, 2.24) is 15.3 Å². The first-order valence-corrected chi connectivity index (χ1v) is 7.84. The number of benzene rings is 1. The van der Waals surface area contributed by atoms with Gasteiger partial charge < -0.3 is 9.73 Å². The average Bonchev–Trinajstić information content (AvgIpc) is 2.97. The van der Waals surface area contributed by atoms with Gasteiger partial charge in [-0.25, -0.2) is 4.98 Å². The summed E-state index contributed by atoms with van der Waals surface area (Å²) in [7, 11) is 0. The molecule has 0 spiro atoms. The Morgan fingerprint density at radius 2 is 2.00 bits per heavy atom. The molecule has 0 aliphatic heterocycles. The molecule has 0 aliphatic carbocycles. The van der Waals surface area contributed by atoms with Crippen LogP contribution in [0.3, 0.4) is 0 Å². The van der Waals surface area contributed by atoms with Crippen LogP contribution in [0.25, 0.3) is 11.5 Å². The molecule has 3 rings (SSSR count). The minimum Gasteiger partial charge on any atom is -0.441 e. The third-order valence-electron chi connectivity index (χ3n) is 3.80. The molecule has 122 valence electrons. The van der Waals surface area contributed by atoms with Crippen molar-refractivity contribution in [3.8, 4) is 11.5 Å². The molecule has 0 unspecified atom stereocenters. The van der Waals surface area contributed by atoms with Crippen LogP contribution in [-0.2, 0) is 11.2 Å². The molecule has 5 nitrogen and oxygen atoms in total. The number of carbonyl (C=O) groups is 1. The molecule has 0 saturated heterocycles. The summed E-state index contributed by atoms with van der Waals surface area (Å²) >= 11 is 0. The van der Waals surface area contributed by atoms with Gasteiger partial charge in [0.05, 0.1) is 18.2 Å². The van der Waals surface area contributed by atoms with E-state index >= 15 is 0 Å². The molecular formula is C19H19N3O2. The second-order valence-electron chi connectivity index (χ2n) is 5.64. The van der Waals surface area contributed by atoms with Crippen LogP contribution in [0.2, 0.25) is 0 Å². The van der Waals surface area contributed by atoms with Gasteiger partial charge in [0.15, 0.2) is 0 Å². The average molecular weight is 321 g/mol. The topological polar surface area (TPSA) is 68.0 Å². The van der Waals surface area contributed by atoms with E-state index in [1.165, 1.54) is 0 Å². The fourth-order valence-corrected chi connectivity index (χ4v) is 2.46. The van der Waals surface area contributed by atoms with Gasteiger partial charge in [-0.2, -0.15) is 0 Å². The number of oxazole rings is 1. The highest BCUT2D eigenvalue weighted by molar-refractivity contribution is 5.79. The van der Waals surface area contributed by atoms with Gasteiger partial charge in [-0.05, 0) is 37.6 Å². The maximum Gasteiger partial charge on any atom is 0.226 e. The number of hydrogen-bond acceptors (Lipinski definition) is 4. The van der Waals surface area contributed by atoms with Crippen LogP contribution in [-0.4, -0.2) is 15.9 Å². The third kappa shape index (κ3) is 3.68. The summed E-state index contributed by atoms with van der Waals surface area (Å²) in [4.78, 5) is 20.8. The highest BCUT2D eigenvalue weighted by Crippen LogP contribution is 2.21. The predicted molar refractivity (Wildman–Crippen MR) is 91.2 cm³/mol. The molecule has 0 saturated carbocycles. The SMILES string of the molecule is Cc1oc(-c2ccccc2)nc1CC(=O)N[C@@H](C)c1cccnc1. The van der Waals surface area contributed by atoms with Crippen molar-refractivity contribution >= 4 is 5.91 Å². The lowest BCUT2D eigenvalue weighted by Crippen LogP contribution is -2.28. The number of carbonyl (C=O) groups excluding carboxylic acids is 1. The third-order valence-corrected chi connectivity index (χ3v) is 3.80. The van der Waals surface area contributed by atoms with E-state index in [0.29, 0.717) is 17.3 Å². The van der Waals surface area contributed by atoms with Crippen LogP contribution in [0.1, 0.15) is 30.0 Å². The van der Waals surface area contributed by atoms with Crippen LogP contribution in [0, 0.1) is 6.92 Å². The fraction of sp³-hybridized carbons (Fsp3) is 0.211. The highest BCUT2D eigenvalue weighted by Gasteiger charge is 2.16. The Balaban J connectivity index is 1.68. The minimum absolute atomic E-state index is 0.0950. The van der Waals surface area contributed by atoms with Crippen LogP contribution < -0.4 is 5.32 Å². The second kappa shape index (κ2) is 7.08. The summed E-state index contributed by atoms with van der Waals surface area (Å²) in [5.41, 5.74) is 2.52.